The number of rotatable bonds is 5. The van der Waals surface area contributed by atoms with E-state index >= 15 is 0 Å². The molecule has 0 radical (unpaired) electrons. The van der Waals surface area contributed by atoms with E-state index in [0.29, 0.717) is 25.2 Å². The molecule has 2 rings (SSSR count). The molecule has 6 heteroatoms. The summed E-state index contributed by atoms with van der Waals surface area (Å²) in [5.74, 6) is -0.945. The highest BCUT2D eigenvalue weighted by Crippen LogP contribution is 2.27. The first-order valence-corrected chi connectivity index (χ1v) is 8.63. The van der Waals surface area contributed by atoms with Gasteiger partial charge in [-0.25, -0.2) is 13.1 Å². The van der Waals surface area contributed by atoms with Gasteiger partial charge in [0, 0.05) is 6.04 Å². The van der Waals surface area contributed by atoms with Crippen molar-refractivity contribution < 1.29 is 18.3 Å². The van der Waals surface area contributed by atoms with Crippen LogP contribution >= 0.6 is 0 Å². The Balaban J connectivity index is 2.07. The number of aliphatic carboxylic acids is 1. The van der Waals surface area contributed by atoms with E-state index in [1.165, 1.54) is 0 Å². The highest BCUT2D eigenvalue weighted by molar-refractivity contribution is 7.89. The normalized spacial score (nSPS) is 22.6. The Morgan fingerprint density at radius 1 is 1.24 bits per heavy atom. The average molecular weight is 311 g/mol. The number of benzene rings is 1. The average Bonchev–Trinajstić information content (AvgIpc) is 2.87. The summed E-state index contributed by atoms with van der Waals surface area (Å²) >= 11 is 0. The van der Waals surface area contributed by atoms with Gasteiger partial charge >= 0.3 is 5.97 Å². The fourth-order valence-electron chi connectivity index (χ4n) is 2.63. The quantitative estimate of drug-likeness (QED) is 0.874. The third-order valence-electron chi connectivity index (χ3n) is 3.96. The molecule has 21 heavy (non-hydrogen) atoms. The summed E-state index contributed by atoms with van der Waals surface area (Å²) in [6, 6.07) is 6.53. The molecule has 1 aromatic rings. The molecule has 1 aliphatic carbocycles. The van der Waals surface area contributed by atoms with Gasteiger partial charge in [0.15, 0.2) is 0 Å². The Morgan fingerprint density at radius 2 is 1.86 bits per heavy atom. The first-order chi connectivity index (χ1) is 9.79. The second-order valence-corrected chi connectivity index (χ2v) is 7.60. The van der Waals surface area contributed by atoms with Gasteiger partial charge in [0.2, 0.25) is 10.0 Å². The molecule has 116 valence electrons. The van der Waals surface area contributed by atoms with Crippen molar-refractivity contribution in [2.75, 3.05) is 0 Å². The fourth-order valence-corrected chi connectivity index (χ4v) is 3.92. The van der Waals surface area contributed by atoms with Crippen LogP contribution in [0.25, 0.3) is 0 Å². The molecule has 2 N–H and O–H groups in total. The lowest BCUT2D eigenvalue weighted by Gasteiger charge is -2.13. The highest BCUT2D eigenvalue weighted by Gasteiger charge is 2.32. The molecule has 2 atom stereocenters. The zero-order valence-electron chi connectivity index (χ0n) is 12.2. The zero-order chi connectivity index (χ0) is 15.6. The third-order valence-corrected chi connectivity index (χ3v) is 5.50. The van der Waals surface area contributed by atoms with Crippen molar-refractivity contribution in [3.63, 3.8) is 0 Å². The number of nitrogens with one attached hydrogen (secondary N) is 1. The van der Waals surface area contributed by atoms with E-state index in [1.54, 1.807) is 12.1 Å². The van der Waals surface area contributed by atoms with E-state index in [-0.39, 0.29) is 10.9 Å². The number of carboxylic acid groups (broad SMARTS) is 1. The summed E-state index contributed by atoms with van der Waals surface area (Å²) in [6.07, 6.45) is 1.45. The summed E-state index contributed by atoms with van der Waals surface area (Å²) in [5, 5.41) is 8.95. The Bertz CT molecular complexity index is 607. The number of carboxylic acids is 1. The van der Waals surface area contributed by atoms with Gasteiger partial charge in [0.05, 0.1) is 10.8 Å². The summed E-state index contributed by atoms with van der Waals surface area (Å²) in [4.78, 5) is 11.1. The highest BCUT2D eigenvalue weighted by atomic mass is 32.2. The molecule has 1 saturated carbocycles. The SMILES string of the molecule is CC(C)c1ccc(S(=O)(=O)N[C@@H]2CC[C@H](C(=O)O)C2)cc1. The molecule has 1 aliphatic rings. The van der Waals surface area contributed by atoms with Crippen LogP contribution in [0.3, 0.4) is 0 Å². The van der Waals surface area contributed by atoms with Crippen LogP contribution in [0.5, 0.6) is 0 Å². The minimum atomic E-state index is -3.58. The largest absolute Gasteiger partial charge is 0.481 e. The first kappa shape index (κ1) is 16.0. The second-order valence-electron chi connectivity index (χ2n) is 5.89. The van der Waals surface area contributed by atoms with Crippen LogP contribution in [0.2, 0.25) is 0 Å². The van der Waals surface area contributed by atoms with Gasteiger partial charge in [-0.3, -0.25) is 4.79 Å². The Kier molecular flexibility index (Phi) is 4.68. The van der Waals surface area contributed by atoms with E-state index in [1.807, 2.05) is 26.0 Å². The monoisotopic (exact) mass is 311 g/mol. The van der Waals surface area contributed by atoms with Gasteiger partial charge in [-0.2, -0.15) is 0 Å². The molecule has 0 unspecified atom stereocenters. The van der Waals surface area contributed by atoms with Crippen LogP contribution < -0.4 is 4.72 Å². The predicted molar refractivity (Wildman–Crippen MR) is 79.6 cm³/mol. The topological polar surface area (TPSA) is 83.5 Å². The summed E-state index contributed by atoms with van der Waals surface area (Å²) in [6.45, 7) is 4.10. The number of hydrogen-bond donors (Lipinski definition) is 2. The second kappa shape index (κ2) is 6.15. The molecular weight excluding hydrogens is 290 g/mol. The maximum absolute atomic E-state index is 12.3. The molecule has 0 heterocycles. The molecule has 0 aliphatic heterocycles. The van der Waals surface area contributed by atoms with Crippen LogP contribution in [0, 0.1) is 5.92 Å². The third kappa shape index (κ3) is 3.83. The zero-order valence-corrected chi connectivity index (χ0v) is 13.1. The summed E-state index contributed by atoms with van der Waals surface area (Å²) in [7, 11) is -3.58. The predicted octanol–water partition coefficient (Wildman–Crippen LogP) is 2.34. The van der Waals surface area contributed by atoms with Crippen LogP contribution in [0.4, 0.5) is 0 Å². The van der Waals surface area contributed by atoms with Crippen LogP contribution in [0.15, 0.2) is 29.2 Å². The molecule has 0 bridgehead atoms. The molecule has 0 spiro atoms. The fraction of sp³-hybridized carbons (Fsp3) is 0.533. The number of hydrogen-bond acceptors (Lipinski definition) is 3. The maximum Gasteiger partial charge on any atom is 0.306 e. The van der Waals surface area contributed by atoms with Crippen LogP contribution in [-0.2, 0) is 14.8 Å². The molecule has 0 amide bonds. The van der Waals surface area contributed by atoms with Crippen molar-refractivity contribution >= 4 is 16.0 Å². The van der Waals surface area contributed by atoms with E-state index < -0.39 is 21.9 Å². The van der Waals surface area contributed by atoms with Gasteiger partial charge in [-0.05, 0) is 42.9 Å². The van der Waals surface area contributed by atoms with E-state index in [9.17, 15) is 13.2 Å². The lowest BCUT2D eigenvalue weighted by Crippen LogP contribution is -2.33. The van der Waals surface area contributed by atoms with Gasteiger partial charge in [0.25, 0.3) is 0 Å². The van der Waals surface area contributed by atoms with Crippen molar-refractivity contribution in [2.45, 2.75) is 50.0 Å². The minimum absolute atomic E-state index is 0.227. The van der Waals surface area contributed by atoms with Gasteiger partial charge < -0.3 is 5.11 Å². The summed E-state index contributed by atoms with van der Waals surface area (Å²) in [5.41, 5.74) is 1.08. The lowest BCUT2D eigenvalue weighted by atomic mass is 10.0. The lowest BCUT2D eigenvalue weighted by molar-refractivity contribution is -0.141. The molecular formula is C15H21NO4S. The Morgan fingerprint density at radius 3 is 2.33 bits per heavy atom. The molecule has 5 nitrogen and oxygen atoms in total. The Hall–Kier alpha value is -1.40. The van der Waals surface area contributed by atoms with E-state index in [0.717, 1.165) is 5.56 Å². The van der Waals surface area contributed by atoms with Crippen molar-refractivity contribution in [3.05, 3.63) is 29.8 Å². The van der Waals surface area contributed by atoms with Crippen molar-refractivity contribution in [1.82, 2.24) is 4.72 Å². The minimum Gasteiger partial charge on any atom is -0.481 e. The molecule has 0 saturated heterocycles. The van der Waals surface area contributed by atoms with Gasteiger partial charge in [0.1, 0.15) is 0 Å². The standard InChI is InChI=1S/C15H21NO4S/c1-10(2)11-4-7-14(8-5-11)21(19,20)16-13-6-3-12(9-13)15(17)18/h4-5,7-8,10,12-13,16H,3,6,9H2,1-2H3,(H,17,18)/t12-,13+/m0/s1. The van der Waals surface area contributed by atoms with Crippen molar-refractivity contribution in [3.8, 4) is 0 Å². The Labute approximate surface area is 125 Å². The van der Waals surface area contributed by atoms with E-state index in [4.69, 9.17) is 5.11 Å². The summed E-state index contributed by atoms with van der Waals surface area (Å²) < 4.78 is 27.2. The van der Waals surface area contributed by atoms with Crippen LogP contribution in [0.1, 0.15) is 44.6 Å². The van der Waals surface area contributed by atoms with E-state index in [2.05, 4.69) is 4.72 Å². The molecule has 1 aromatic carbocycles. The van der Waals surface area contributed by atoms with Crippen molar-refractivity contribution in [2.24, 2.45) is 5.92 Å². The number of carbonyl (C=O) groups is 1. The van der Waals surface area contributed by atoms with Gasteiger partial charge in [-0.15, -0.1) is 0 Å². The van der Waals surface area contributed by atoms with Gasteiger partial charge in [-0.1, -0.05) is 26.0 Å². The molecule has 1 fully saturated rings. The van der Waals surface area contributed by atoms with Crippen molar-refractivity contribution in [1.29, 1.82) is 0 Å². The first-order valence-electron chi connectivity index (χ1n) is 7.14. The van der Waals surface area contributed by atoms with Crippen LogP contribution in [-0.4, -0.2) is 25.5 Å². The number of sulfonamides is 1. The smallest absolute Gasteiger partial charge is 0.306 e. The molecule has 0 aromatic heterocycles. The maximum atomic E-state index is 12.3.